The van der Waals surface area contributed by atoms with E-state index >= 15 is 0 Å². The topological polar surface area (TPSA) is 71.0 Å². The van der Waals surface area contributed by atoms with E-state index in [1.54, 1.807) is 6.20 Å². The van der Waals surface area contributed by atoms with Crippen molar-refractivity contribution in [3.05, 3.63) is 12.3 Å². The first-order chi connectivity index (χ1) is 8.58. The maximum Gasteiger partial charge on any atom is 0.243 e. The van der Waals surface area contributed by atoms with Gasteiger partial charge in [0.1, 0.15) is 5.82 Å². The van der Waals surface area contributed by atoms with Crippen LogP contribution in [0.4, 0.5) is 5.82 Å². The smallest absolute Gasteiger partial charge is 0.243 e. The SMILES string of the molecule is CC1(C)CNC1C(=O)Nc1ccnn1C1CNC1. The Hall–Kier alpha value is -1.40. The third kappa shape index (κ3) is 1.81. The van der Waals surface area contributed by atoms with Crippen molar-refractivity contribution in [1.29, 1.82) is 0 Å². The van der Waals surface area contributed by atoms with Crippen LogP contribution < -0.4 is 16.0 Å². The second-order valence-corrected chi connectivity index (χ2v) is 5.76. The molecule has 1 aromatic heterocycles. The van der Waals surface area contributed by atoms with Gasteiger partial charge >= 0.3 is 0 Å². The second kappa shape index (κ2) is 4.07. The lowest BCUT2D eigenvalue weighted by atomic mass is 9.77. The van der Waals surface area contributed by atoms with E-state index < -0.39 is 0 Å². The van der Waals surface area contributed by atoms with E-state index in [4.69, 9.17) is 0 Å². The van der Waals surface area contributed by atoms with E-state index in [0.717, 1.165) is 25.5 Å². The number of carbonyl (C=O) groups is 1. The molecule has 0 aliphatic carbocycles. The summed E-state index contributed by atoms with van der Waals surface area (Å²) in [6, 6.07) is 2.10. The highest BCUT2D eigenvalue weighted by atomic mass is 16.2. The maximum atomic E-state index is 12.2. The first-order valence-corrected chi connectivity index (χ1v) is 6.36. The van der Waals surface area contributed by atoms with E-state index in [1.165, 1.54) is 0 Å². The lowest BCUT2D eigenvalue weighted by Crippen LogP contribution is -2.64. The average Bonchev–Trinajstić information content (AvgIpc) is 2.62. The molecule has 1 aromatic rings. The van der Waals surface area contributed by atoms with Crippen molar-refractivity contribution in [2.24, 2.45) is 5.41 Å². The van der Waals surface area contributed by atoms with Crippen LogP contribution in [0.2, 0.25) is 0 Å². The Labute approximate surface area is 106 Å². The Balaban J connectivity index is 1.69. The van der Waals surface area contributed by atoms with E-state index in [-0.39, 0.29) is 17.4 Å². The molecule has 2 aliphatic rings. The van der Waals surface area contributed by atoms with E-state index in [0.29, 0.717) is 6.04 Å². The number of anilines is 1. The number of aromatic nitrogens is 2. The van der Waals surface area contributed by atoms with Crippen molar-refractivity contribution in [3.8, 4) is 0 Å². The summed E-state index contributed by atoms with van der Waals surface area (Å²) < 4.78 is 1.89. The van der Waals surface area contributed by atoms with Gasteiger partial charge in [0.05, 0.1) is 18.3 Å². The van der Waals surface area contributed by atoms with Crippen molar-refractivity contribution >= 4 is 11.7 Å². The van der Waals surface area contributed by atoms with Gasteiger partial charge in [-0.05, 0) is 0 Å². The summed E-state index contributed by atoms with van der Waals surface area (Å²) in [5, 5.41) is 13.6. The van der Waals surface area contributed by atoms with Crippen LogP contribution in [0.1, 0.15) is 19.9 Å². The minimum absolute atomic E-state index is 0.0280. The highest BCUT2D eigenvalue weighted by molar-refractivity contribution is 5.95. The summed E-state index contributed by atoms with van der Waals surface area (Å²) in [7, 11) is 0. The summed E-state index contributed by atoms with van der Waals surface area (Å²) in [5.74, 6) is 0.816. The minimum Gasteiger partial charge on any atom is -0.312 e. The van der Waals surface area contributed by atoms with Crippen molar-refractivity contribution in [3.63, 3.8) is 0 Å². The highest BCUT2D eigenvalue weighted by Gasteiger charge is 2.43. The lowest BCUT2D eigenvalue weighted by molar-refractivity contribution is -0.124. The minimum atomic E-state index is -0.111. The molecule has 2 fully saturated rings. The summed E-state index contributed by atoms with van der Waals surface area (Å²) >= 11 is 0. The number of amides is 1. The molecule has 2 aliphatic heterocycles. The first-order valence-electron chi connectivity index (χ1n) is 6.36. The standard InChI is InChI=1S/C12H19N5O/c1-12(2)7-14-10(12)11(18)16-9-3-4-15-17(9)8-5-13-6-8/h3-4,8,10,13-14H,5-7H2,1-2H3,(H,16,18). The molecule has 6 heteroatoms. The van der Waals surface area contributed by atoms with Gasteiger partial charge in [-0.25, -0.2) is 4.68 Å². The monoisotopic (exact) mass is 249 g/mol. The lowest BCUT2D eigenvalue weighted by Gasteiger charge is -2.44. The van der Waals surface area contributed by atoms with Gasteiger partial charge in [0.25, 0.3) is 0 Å². The van der Waals surface area contributed by atoms with Crippen LogP contribution in [0.5, 0.6) is 0 Å². The van der Waals surface area contributed by atoms with Crippen LogP contribution in [-0.2, 0) is 4.79 Å². The van der Waals surface area contributed by atoms with Crippen molar-refractivity contribution in [2.75, 3.05) is 25.0 Å². The van der Waals surface area contributed by atoms with Crippen LogP contribution in [0.15, 0.2) is 12.3 Å². The molecule has 98 valence electrons. The van der Waals surface area contributed by atoms with Gasteiger partial charge < -0.3 is 16.0 Å². The molecule has 3 heterocycles. The summed E-state index contributed by atoms with van der Waals surface area (Å²) in [6.45, 7) is 6.91. The number of carbonyl (C=O) groups excluding carboxylic acids is 1. The summed E-state index contributed by atoms with van der Waals surface area (Å²) in [4.78, 5) is 12.2. The van der Waals surface area contributed by atoms with E-state index in [2.05, 4.69) is 34.9 Å². The van der Waals surface area contributed by atoms with Crippen molar-refractivity contribution < 1.29 is 4.79 Å². The number of nitrogens with one attached hydrogen (secondary N) is 3. The van der Waals surface area contributed by atoms with Crippen LogP contribution in [0, 0.1) is 5.41 Å². The molecular formula is C12H19N5O. The fraction of sp³-hybridized carbons (Fsp3) is 0.667. The molecule has 0 aromatic carbocycles. The zero-order valence-corrected chi connectivity index (χ0v) is 10.7. The quantitative estimate of drug-likeness (QED) is 0.703. The van der Waals surface area contributed by atoms with Gasteiger partial charge in [0, 0.05) is 31.1 Å². The fourth-order valence-corrected chi connectivity index (χ4v) is 2.41. The molecule has 1 unspecified atom stereocenters. The van der Waals surface area contributed by atoms with Crippen LogP contribution in [0.3, 0.4) is 0 Å². The summed E-state index contributed by atoms with van der Waals surface area (Å²) in [5.41, 5.74) is 0.0347. The Morgan fingerprint density at radius 1 is 1.56 bits per heavy atom. The molecule has 3 rings (SSSR count). The molecule has 0 saturated carbocycles. The van der Waals surface area contributed by atoms with Crippen molar-refractivity contribution in [1.82, 2.24) is 20.4 Å². The third-order valence-electron chi connectivity index (χ3n) is 3.83. The highest BCUT2D eigenvalue weighted by Crippen LogP contribution is 2.29. The molecule has 2 saturated heterocycles. The number of hydrogen-bond donors (Lipinski definition) is 3. The Bertz CT molecular complexity index is 463. The number of rotatable bonds is 3. The molecular weight excluding hydrogens is 230 g/mol. The molecule has 1 amide bonds. The number of nitrogens with zero attached hydrogens (tertiary/aromatic N) is 2. The van der Waals surface area contributed by atoms with Gasteiger partial charge in [0.2, 0.25) is 5.91 Å². The van der Waals surface area contributed by atoms with Gasteiger partial charge in [-0.1, -0.05) is 13.8 Å². The molecule has 0 radical (unpaired) electrons. The molecule has 3 N–H and O–H groups in total. The molecule has 6 nitrogen and oxygen atoms in total. The first kappa shape index (κ1) is 11.7. The predicted molar refractivity (Wildman–Crippen MR) is 68.3 cm³/mol. The third-order valence-corrected chi connectivity index (χ3v) is 3.83. The molecule has 0 bridgehead atoms. The Morgan fingerprint density at radius 2 is 2.33 bits per heavy atom. The zero-order chi connectivity index (χ0) is 12.8. The molecule has 18 heavy (non-hydrogen) atoms. The van der Waals surface area contributed by atoms with Crippen LogP contribution in [0.25, 0.3) is 0 Å². The Kier molecular flexibility index (Phi) is 2.64. The summed E-state index contributed by atoms with van der Waals surface area (Å²) in [6.07, 6.45) is 1.73. The average molecular weight is 249 g/mol. The number of hydrogen-bond acceptors (Lipinski definition) is 4. The van der Waals surface area contributed by atoms with Gasteiger partial charge in [-0.2, -0.15) is 5.10 Å². The van der Waals surface area contributed by atoms with Gasteiger partial charge in [-0.3, -0.25) is 4.79 Å². The van der Waals surface area contributed by atoms with E-state index in [1.807, 2.05) is 10.7 Å². The Morgan fingerprint density at radius 3 is 2.83 bits per heavy atom. The second-order valence-electron chi connectivity index (χ2n) is 5.76. The zero-order valence-electron chi connectivity index (χ0n) is 10.7. The predicted octanol–water partition coefficient (Wildman–Crippen LogP) is -0.0361. The van der Waals surface area contributed by atoms with Gasteiger partial charge in [-0.15, -0.1) is 0 Å². The van der Waals surface area contributed by atoms with Crippen LogP contribution in [-0.4, -0.2) is 41.4 Å². The largest absolute Gasteiger partial charge is 0.312 e. The van der Waals surface area contributed by atoms with E-state index in [9.17, 15) is 4.79 Å². The van der Waals surface area contributed by atoms with Gasteiger partial charge in [0.15, 0.2) is 0 Å². The molecule has 0 spiro atoms. The fourth-order valence-electron chi connectivity index (χ4n) is 2.41. The van der Waals surface area contributed by atoms with Crippen molar-refractivity contribution in [2.45, 2.75) is 25.9 Å². The normalized spacial score (nSPS) is 26.2. The molecule has 1 atom stereocenters. The maximum absolute atomic E-state index is 12.2. The van der Waals surface area contributed by atoms with Crippen LogP contribution >= 0.6 is 0 Å².